The van der Waals surface area contributed by atoms with Crippen LogP contribution in [0.2, 0.25) is 0 Å². The summed E-state index contributed by atoms with van der Waals surface area (Å²) in [6, 6.07) is -0.688. The number of methoxy groups -OCH3 is 1. The Morgan fingerprint density at radius 2 is 1.69 bits per heavy atom. The normalized spacial score (nSPS) is 17.5. The molecule has 0 bridgehead atoms. The Hall–Kier alpha value is -0.600. The summed E-state index contributed by atoms with van der Waals surface area (Å²) < 4.78 is 4.97. The van der Waals surface area contributed by atoms with Crippen molar-refractivity contribution in [3.8, 4) is 0 Å². The van der Waals surface area contributed by atoms with E-state index in [4.69, 9.17) is 10.5 Å². The second-order valence-corrected chi connectivity index (χ2v) is 7.52. The topological polar surface area (TPSA) is 87.9 Å². The smallest absolute Gasteiger partial charge is 0.240 e. The van der Waals surface area contributed by atoms with E-state index < -0.39 is 6.04 Å². The van der Waals surface area contributed by atoms with Crippen LogP contribution in [0, 0.1) is 5.41 Å². The number of hydrogen-bond acceptors (Lipinski definition) is 5. The summed E-state index contributed by atoms with van der Waals surface area (Å²) in [5.74, 6) is 0.0242. The third-order valence-corrected chi connectivity index (χ3v) is 4.58. The molecule has 0 spiro atoms. The van der Waals surface area contributed by atoms with Crippen molar-refractivity contribution < 1.29 is 14.3 Å². The van der Waals surface area contributed by atoms with Crippen LogP contribution in [0.1, 0.15) is 34.1 Å². The predicted octanol–water partition coefficient (Wildman–Crippen LogP) is 0.889. The maximum absolute atomic E-state index is 12.4. The van der Waals surface area contributed by atoms with Gasteiger partial charge in [0.1, 0.15) is 0 Å². The van der Waals surface area contributed by atoms with Crippen molar-refractivity contribution in [2.24, 2.45) is 11.1 Å². The monoisotopic (exact) mass is 414 g/mol. The molecule has 9 heteroatoms. The van der Waals surface area contributed by atoms with Gasteiger partial charge < -0.3 is 20.7 Å². The largest absolute Gasteiger partial charge is 0.385 e. The lowest BCUT2D eigenvalue weighted by atomic mass is 9.86. The van der Waals surface area contributed by atoms with Crippen LogP contribution in [0.25, 0.3) is 0 Å². The van der Waals surface area contributed by atoms with Gasteiger partial charge in [0.15, 0.2) is 0 Å². The van der Waals surface area contributed by atoms with Crippen molar-refractivity contribution in [3.63, 3.8) is 0 Å². The Kier molecular flexibility index (Phi) is 13.5. The van der Waals surface area contributed by atoms with Crippen molar-refractivity contribution in [3.05, 3.63) is 0 Å². The molecular formula is C17H36Cl2N4O3. The average Bonchev–Trinajstić information content (AvgIpc) is 2.55. The first kappa shape index (κ1) is 27.6. The minimum absolute atomic E-state index is 0. The molecule has 156 valence electrons. The van der Waals surface area contributed by atoms with E-state index >= 15 is 0 Å². The Bertz CT molecular complexity index is 425. The summed E-state index contributed by atoms with van der Waals surface area (Å²) in [5, 5.41) is 2.93. The number of nitrogens with zero attached hydrogens (tertiary/aromatic N) is 2. The van der Waals surface area contributed by atoms with Gasteiger partial charge in [-0.2, -0.15) is 0 Å². The molecule has 26 heavy (non-hydrogen) atoms. The van der Waals surface area contributed by atoms with Gasteiger partial charge in [-0.25, -0.2) is 0 Å². The molecule has 1 rings (SSSR count). The van der Waals surface area contributed by atoms with Crippen molar-refractivity contribution in [2.45, 2.75) is 46.2 Å². The molecule has 0 aliphatic carbocycles. The van der Waals surface area contributed by atoms with E-state index in [1.54, 1.807) is 7.11 Å². The van der Waals surface area contributed by atoms with Crippen LogP contribution in [0.4, 0.5) is 0 Å². The van der Waals surface area contributed by atoms with Crippen LogP contribution in [-0.2, 0) is 14.3 Å². The summed E-state index contributed by atoms with van der Waals surface area (Å²) in [4.78, 5) is 28.5. The highest BCUT2D eigenvalue weighted by atomic mass is 35.5. The third kappa shape index (κ3) is 8.39. The molecule has 0 aromatic rings. The van der Waals surface area contributed by atoms with Gasteiger partial charge in [-0.05, 0) is 18.8 Å². The summed E-state index contributed by atoms with van der Waals surface area (Å²) in [7, 11) is 1.65. The fraction of sp³-hybridized carbons (Fsp3) is 0.882. The number of amides is 2. The van der Waals surface area contributed by atoms with Crippen LogP contribution in [-0.4, -0.2) is 80.1 Å². The van der Waals surface area contributed by atoms with Gasteiger partial charge in [0.2, 0.25) is 11.8 Å². The van der Waals surface area contributed by atoms with Crippen molar-refractivity contribution >= 4 is 36.6 Å². The molecule has 1 unspecified atom stereocenters. The quantitative estimate of drug-likeness (QED) is 0.603. The number of piperazine rings is 1. The van der Waals surface area contributed by atoms with Gasteiger partial charge in [0.05, 0.1) is 12.1 Å². The molecule has 1 saturated heterocycles. The molecule has 0 saturated carbocycles. The van der Waals surface area contributed by atoms with Crippen molar-refractivity contribution in [2.75, 3.05) is 46.4 Å². The standard InChI is InChI=1S/C17H34N4O3.2ClH/c1-13(15(22)19-7-6-12-24-5)20-8-10-21(11-9-20)16(23)14(18)17(2,3)4;;/h13-14H,6-12,18H2,1-5H3,(H,19,22);2*1H/t13?,14-;;/m1../s1. The van der Waals surface area contributed by atoms with Gasteiger partial charge >= 0.3 is 0 Å². The molecular weight excluding hydrogens is 379 g/mol. The first-order valence-corrected chi connectivity index (χ1v) is 8.73. The Balaban J connectivity index is 0. The number of ether oxygens (including phenoxy) is 1. The van der Waals surface area contributed by atoms with Crippen molar-refractivity contribution in [1.82, 2.24) is 15.1 Å². The number of nitrogens with two attached hydrogens (primary N) is 1. The summed E-state index contributed by atoms with van der Waals surface area (Å²) >= 11 is 0. The lowest BCUT2D eigenvalue weighted by Crippen LogP contribution is -2.58. The highest BCUT2D eigenvalue weighted by Gasteiger charge is 2.33. The molecule has 1 heterocycles. The van der Waals surface area contributed by atoms with Gasteiger partial charge in [0.25, 0.3) is 0 Å². The van der Waals surface area contributed by atoms with Crippen LogP contribution in [0.5, 0.6) is 0 Å². The second-order valence-electron chi connectivity index (χ2n) is 7.52. The van der Waals surface area contributed by atoms with Crippen LogP contribution >= 0.6 is 24.8 Å². The average molecular weight is 415 g/mol. The fourth-order valence-corrected chi connectivity index (χ4v) is 2.64. The van der Waals surface area contributed by atoms with Gasteiger partial charge in [-0.1, -0.05) is 20.8 Å². The van der Waals surface area contributed by atoms with Gasteiger partial charge in [-0.15, -0.1) is 24.8 Å². The van der Waals surface area contributed by atoms with E-state index in [0.717, 1.165) is 6.42 Å². The molecule has 0 radical (unpaired) electrons. The summed E-state index contributed by atoms with van der Waals surface area (Å²) in [6.07, 6.45) is 0.807. The molecule has 0 aromatic heterocycles. The summed E-state index contributed by atoms with van der Waals surface area (Å²) in [5.41, 5.74) is 5.82. The zero-order valence-corrected chi connectivity index (χ0v) is 18.3. The third-order valence-electron chi connectivity index (χ3n) is 4.58. The molecule has 2 amide bonds. The molecule has 1 aliphatic rings. The maximum Gasteiger partial charge on any atom is 0.240 e. The van der Waals surface area contributed by atoms with Crippen LogP contribution in [0.15, 0.2) is 0 Å². The zero-order chi connectivity index (χ0) is 18.3. The van der Waals surface area contributed by atoms with Crippen LogP contribution in [0.3, 0.4) is 0 Å². The van der Waals surface area contributed by atoms with Crippen LogP contribution < -0.4 is 11.1 Å². The number of halogens is 2. The number of rotatable bonds is 7. The van der Waals surface area contributed by atoms with E-state index in [-0.39, 0.29) is 48.1 Å². The highest BCUT2D eigenvalue weighted by molar-refractivity contribution is 5.85. The summed E-state index contributed by atoms with van der Waals surface area (Å²) in [6.45, 7) is 11.7. The van der Waals surface area contributed by atoms with E-state index in [1.807, 2.05) is 32.6 Å². The van der Waals surface area contributed by atoms with E-state index in [2.05, 4.69) is 10.2 Å². The van der Waals surface area contributed by atoms with Crippen molar-refractivity contribution in [1.29, 1.82) is 0 Å². The fourth-order valence-electron chi connectivity index (χ4n) is 2.64. The van der Waals surface area contributed by atoms with Gasteiger partial charge in [0, 0.05) is 46.4 Å². The molecule has 7 nitrogen and oxygen atoms in total. The molecule has 1 fully saturated rings. The minimum atomic E-state index is -0.495. The second kappa shape index (κ2) is 12.7. The first-order chi connectivity index (χ1) is 11.2. The number of carbonyl (C=O) groups is 2. The number of hydrogen-bond donors (Lipinski definition) is 2. The Morgan fingerprint density at radius 1 is 1.15 bits per heavy atom. The van der Waals surface area contributed by atoms with Gasteiger partial charge in [-0.3, -0.25) is 14.5 Å². The van der Waals surface area contributed by atoms with E-state index in [9.17, 15) is 9.59 Å². The number of carbonyl (C=O) groups excluding carboxylic acids is 2. The molecule has 2 atom stereocenters. The van der Waals surface area contributed by atoms with E-state index in [1.165, 1.54) is 0 Å². The lowest BCUT2D eigenvalue weighted by molar-refractivity contribution is -0.137. The predicted molar refractivity (Wildman–Crippen MR) is 109 cm³/mol. The maximum atomic E-state index is 12.4. The minimum Gasteiger partial charge on any atom is -0.385 e. The number of nitrogens with one attached hydrogen (secondary N) is 1. The SMILES string of the molecule is COCCCNC(=O)C(C)N1CCN(C(=O)[C@@H](N)C(C)(C)C)CC1.Cl.Cl. The first-order valence-electron chi connectivity index (χ1n) is 8.73. The Labute approximate surface area is 170 Å². The Morgan fingerprint density at radius 3 is 2.15 bits per heavy atom. The highest BCUT2D eigenvalue weighted by Crippen LogP contribution is 2.20. The molecule has 0 aromatic carbocycles. The zero-order valence-electron chi connectivity index (χ0n) is 16.6. The molecule has 3 N–H and O–H groups in total. The molecule has 1 aliphatic heterocycles. The van der Waals surface area contributed by atoms with E-state index in [0.29, 0.717) is 39.3 Å². The lowest BCUT2D eigenvalue weighted by Gasteiger charge is -2.39.